The summed E-state index contributed by atoms with van der Waals surface area (Å²) in [6.07, 6.45) is 4.91. The van der Waals surface area contributed by atoms with Gasteiger partial charge < -0.3 is 10.1 Å². The zero-order valence-electron chi connectivity index (χ0n) is 15.8. The Morgan fingerprint density at radius 3 is 2.96 bits per heavy atom. The number of ether oxygens (including phenoxy) is 1. The zero-order chi connectivity index (χ0) is 18.6. The maximum atomic E-state index is 12.1. The first-order valence-corrected chi connectivity index (χ1v) is 9.20. The third-order valence-electron chi connectivity index (χ3n) is 4.75. The van der Waals surface area contributed by atoms with Crippen molar-refractivity contribution < 1.29 is 9.53 Å². The quantitative estimate of drug-likeness (QED) is 0.823. The van der Waals surface area contributed by atoms with E-state index in [0.717, 1.165) is 49.5 Å². The molecule has 0 aliphatic carbocycles. The fourth-order valence-corrected chi connectivity index (χ4v) is 3.27. The third kappa shape index (κ3) is 4.46. The molecule has 0 spiro atoms. The van der Waals surface area contributed by atoms with E-state index < -0.39 is 5.60 Å². The molecule has 1 amide bonds. The van der Waals surface area contributed by atoms with Crippen molar-refractivity contribution in [2.24, 2.45) is 0 Å². The van der Waals surface area contributed by atoms with Crippen LogP contribution in [0.15, 0.2) is 18.3 Å². The molecule has 1 aliphatic heterocycles. The van der Waals surface area contributed by atoms with Crippen LogP contribution in [0.25, 0.3) is 0 Å². The molecule has 0 radical (unpaired) electrons. The van der Waals surface area contributed by atoms with Gasteiger partial charge in [0.15, 0.2) is 5.82 Å². The summed E-state index contributed by atoms with van der Waals surface area (Å²) in [5, 5.41) is 7.35. The molecule has 1 atom stereocenters. The van der Waals surface area contributed by atoms with Crippen LogP contribution in [0.3, 0.4) is 0 Å². The van der Waals surface area contributed by atoms with Crippen molar-refractivity contribution in [3.05, 3.63) is 41.2 Å². The van der Waals surface area contributed by atoms with Gasteiger partial charge in [0.25, 0.3) is 0 Å². The monoisotopic (exact) mass is 357 g/mol. The second kappa shape index (κ2) is 7.95. The van der Waals surface area contributed by atoms with E-state index in [1.165, 1.54) is 0 Å². The minimum atomic E-state index is -0.403. The largest absolute Gasteiger partial charge is 0.367 e. The van der Waals surface area contributed by atoms with Crippen LogP contribution in [0.2, 0.25) is 0 Å². The normalized spacial score (nSPS) is 19.7. The molecule has 2 aromatic rings. The van der Waals surface area contributed by atoms with E-state index >= 15 is 0 Å². The van der Waals surface area contributed by atoms with Crippen molar-refractivity contribution >= 4 is 5.91 Å². The van der Waals surface area contributed by atoms with Crippen molar-refractivity contribution in [3.63, 3.8) is 0 Å². The lowest BCUT2D eigenvalue weighted by Gasteiger charge is -2.21. The number of carbonyl (C=O) groups is 1. The lowest BCUT2D eigenvalue weighted by Crippen LogP contribution is -2.26. The Morgan fingerprint density at radius 2 is 2.27 bits per heavy atom. The van der Waals surface area contributed by atoms with Crippen LogP contribution in [0.5, 0.6) is 0 Å². The van der Waals surface area contributed by atoms with E-state index in [2.05, 4.69) is 20.4 Å². The van der Waals surface area contributed by atoms with Crippen molar-refractivity contribution in [2.45, 2.75) is 65.1 Å². The van der Waals surface area contributed by atoms with Crippen LogP contribution in [0, 0.1) is 13.8 Å². The summed E-state index contributed by atoms with van der Waals surface area (Å²) >= 11 is 0. The first kappa shape index (κ1) is 18.5. The number of hydrogen-bond acceptors (Lipinski definition) is 5. The summed E-state index contributed by atoms with van der Waals surface area (Å²) < 4.78 is 7.74. The molecule has 26 heavy (non-hydrogen) atoms. The molecule has 1 fully saturated rings. The van der Waals surface area contributed by atoms with Gasteiger partial charge in [0.1, 0.15) is 5.60 Å². The molecule has 3 rings (SSSR count). The Morgan fingerprint density at radius 1 is 1.42 bits per heavy atom. The van der Waals surface area contributed by atoms with Crippen molar-refractivity contribution in [3.8, 4) is 0 Å². The highest BCUT2D eigenvalue weighted by Crippen LogP contribution is 2.33. The first-order chi connectivity index (χ1) is 12.5. The number of amides is 1. The van der Waals surface area contributed by atoms with E-state index in [1.54, 1.807) is 6.20 Å². The molecular formula is C19H27N5O2. The molecule has 0 unspecified atom stereocenters. The minimum absolute atomic E-state index is 0.0232. The van der Waals surface area contributed by atoms with Crippen molar-refractivity contribution in [1.29, 1.82) is 0 Å². The van der Waals surface area contributed by atoms with Gasteiger partial charge in [-0.3, -0.25) is 9.48 Å². The van der Waals surface area contributed by atoms with Crippen LogP contribution in [-0.2, 0) is 28.2 Å². The number of hydrogen-bond donors (Lipinski definition) is 1. The minimum Gasteiger partial charge on any atom is -0.367 e. The van der Waals surface area contributed by atoms with Gasteiger partial charge in [0, 0.05) is 31.5 Å². The molecule has 0 bridgehead atoms. The molecule has 7 heteroatoms. The predicted molar refractivity (Wildman–Crippen MR) is 97.4 cm³/mol. The molecule has 1 saturated heterocycles. The van der Waals surface area contributed by atoms with Gasteiger partial charge in [0.2, 0.25) is 5.91 Å². The average Bonchev–Trinajstić information content (AvgIpc) is 3.20. The Balaban J connectivity index is 1.46. The Hall–Kier alpha value is -2.28. The summed E-state index contributed by atoms with van der Waals surface area (Å²) in [5.74, 6) is 0.723. The Kier molecular flexibility index (Phi) is 5.66. The maximum absolute atomic E-state index is 12.1. The van der Waals surface area contributed by atoms with Crippen molar-refractivity contribution in [2.75, 3.05) is 6.61 Å². The lowest BCUT2D eigenvalue weighted by atomic mass is 10.0. The van der Waals surface area contributed by atoms with E-state index in [1.807, 2.05) is 37.6 Å². The predicted octanol–water partition coefficient (Wildman–Crippen LogP) is 2.41. The van der Waals surface area contributed by atoms with Gasteiger partial charge in [-0.1, -0.05) is 0 Å². The van der Waals surface area contributed by atoms with E-state index in [4.69, 9.17) is 4.74 Å². The lowest BCUT2D eigenvalue weighted by molar-refractivity contribution is -0.121. The number of nitrogens with zero attached hydrogens (tertiary/aromatic N) is 4. The molecule has 7 nitrogen and oxygen atoms in total. The summed E-state index contributed by atoms with van der Waals surface area (Å²) in [7, 11) is 0. The zero-order valence-corrected chi connectivity index (χ0v) is 15.8. The SMILES string of the molecule is Cc1cc(C)n(CCCC(=O)NCc2ccnc([C@@]3(C)CCCO3)n2)n1. The summed E-state index contributed by atoms with van der Waals surface area (Å²) in [5.41, 5.74) is 2.53. The molecule has 140 valence electrons. The second-order valence-electron chi connectivity index (χ2n) is 7.08. The fraction of sp³-hybridized carbons (Fsp3) is 0.579. The highest BCUT2D eigenvalue weighted by Gasteiger charge is 2.34. The van der Waals surface area contributed by atoms with Crippen LogP contribution in [-0.4, -0.2) is 32.3 Å². The summed E-state index contributed by atoms with van der Waals surface area (Å²) in [4.78, 5) is 21.0. The topological polar surface area (TPSA) is 81.9 Å². The van der Waals surface area contributed by atoms with Gasteiger partial charge in [0.05, 0.1) is 17.9 Å². The molecule has 1 aliphatic rings. The van der Waals surface area contributed by atoms with Gasteiger partial charge in [-0.05, 0) is 52.2 Å². The smallest absolute Gasteiger partial charge is 0.220 e. The van der Waals surface area contributed by atoms with Gasteiger partial charge in [-0.25, -0.2) is 9.97 Å². The molecule has 1 N–H and O–H groups in total. The fourth-order valence-electron chi connectivity index (χ4n) is 3.27. The highest BCUT2D eigenvalue weighted by atomic mass is 16.5. The van der Waals surface area contributed by atoms with E-state index in [0.29, 0.717) is 18.8 Å². The number of carbonyl (C=O) groups excluding carboxylic acids is 1. The van der Waals surface area contributed by atoms with E-state index in [-0.39, 0.29) is 5.91 Å². The van der Waals surface area contributed by atoms with Crippen molar-refractivity contribution in [1.82, 2.24) is 25.1 Å². The molecule has 2 aromatic heterocycles. The molecular weight excluding hydrogens is 330 g/mol. The van der Waals surface area contributed by atoms with E-state index in [9.17, 15) is 4.79 Å². The Bertz CT molecular complexity index is 765. The maximum Gasteiger partial charge on any atom is 0.220 e. The molecule has 3 heterocycles. The van der Waals surface area contributed by atoms with Crippen LogP contribution >= 0.6 is 0 Å². The third-order valence-corrected chi connectivity index (χ3v) is 4.75. The standard InChI is InChI=1S/C19H27N5O2/c1-14-12-15(2)24(23-14)10-4-6-17(25)21-13-16-7-9-20-18(22-16)19(3)8-5-11-26-19/h7,9,12H,4-6,8,10-11,13H2,1-3H3,(H,21,25)/t19-/m1/s1. The van der Waals surface area contributed by atoms with Gasteiger partial charge in [-0.2, -0.15) is 5.10 Å². The summed E-state index contributed by atoms with van der Waals surface area (Å²) in [6.45, 7) is 7.93. The van der Waals surface area contributed by atoms with Crippen LogP contribution < -0.4 is 5.32 Å². The number of nitrogens with one attached hydrogen (secondary N) is 1. The van der Waals surface area contributed by atoms with Gasteiger partial charge in [-0.15, -0.1) is 0 Å². The highest BCUT2D eigenvalue weighted by molar-refractivity contribution is 5.75. The molecule has 0 saturated carbocycles. The average molecular weight is 357 g/mol. The van der Waals surface area contributed by atoms with Gasteiger partial charge >= 0.3 is 0 Å². The summed E-state index contributed by atoms with van der Waals surface area (Å²) in [6, 6.07) is 3.87. The first-order valence-electron chi connectivity index (χ1n) is 9.20. The molecule has 0 aromatic carbocycles. The number of aromatic nitrogens is 4. The number of aryl methyl sites for hydroxylation is 3. The number of rotatable bonds is 7. The van der Waals surface area contributed by atoms with Crippen LogP contribution in [0.1, 0.15) is 55.5 Å². The Labute approximate surface area is 154 Å². The second-order valence-corrected chi connectivity index (χ2v) is 7.08. The van der Waals surface area contributed by atoms with Crippen LogP contribution in [0.4, 0.5) is 0 Å².